The second-order valence-electron chi connectivity index (χ2n) is 7.70. The van der Waals surface area contributed by atoms with Crippen LogP contribution in [0.25, 0.3) is 0 Å². The molecule has 0 bridgehead atoms. The van der Waals surface area contributed by atoms with Crippen LogP contribution in [0.15, 0.2) is 18.2 Å². The van der Waals surface area contributed by atoms with Crippen molar-refractivity contribution < 1.29 is 14.3 Å². The molecule has 7 heteroatoms. The minimum Gasteiger partial charge on any atom is -0.497 e. The lowest BCUT2D eigenvalue weighted by Gasteiger charge is -2.29. The van der Waals surface area contributed by atoms with E-state index in [1.165, 1.54) is 12.0 Å². The Morgan fingerprint density at radius 3 is 2.45 bits per heavy atom. The van der Waals surface area contributed by atoms with Gasteiger partial charge in [-0.25, -0.2) is 9.97 Å². The SMILES string of the molecule is COc1cc(OC)cc(N2CCC(N(C)c3nc(C)nc4c3CCCC4)C2=O)c1. The summed E-state index contributed by atoms with van der Waals surface area (Å²) in [5.41, 5.74) is 3.15. The first-order valence-electron chi connectivity index (χ1n) is 10.2. The van der Waals surface area contributed by atoms with Gasteiger partial charge in [0.15, 0.2) is 0 Å². The zero-order valence-electron chi connectivity index (χ0n) is 17.6. The fourth-order valence-corrected chi connectivity index (χ4v) is 4.36. The molecule has 154 valence electrons. The molecule has 2 aromatic rings. The maximum atomic E-state index is 13.3. The highest BCUT2D eigenvalue weighted by Gasteiger charge is 2.37. The first-order valence-corrected chi connectivity index (χ1v) is 10.2. The van der Waals surface area contributed by atoms with Crippen LogP contribution >= 0.6 is 0 Å². The summed E-state index contributed by atoms with van der Waals surface area (Å²) in [6, 6.07) is 5.32. The van der Waals surface area contributed by atoms with Crippen molar-refractivity contribution in [3.8, 4) is 11.5 Å². The Bertz CT molecular complexity index is 908. The van der Waals surface area contributed by atoms with E-state index in [-0.39, 0.29) is 11.9 Å². The summed E-state index contributed by atoms with van der Waals surface area (Å²) in [6.45, 7) is 2.58. The monoisotopic (exact) mass is 396 g/mol. The Kier molecular flexibility index (Phi) is 5.30. The molecule has 1 aromatic carbocycles. The van der Waals surface area contributed by atoms with E-state index in [0.717, 1.165) is 48.7 Å². The quantitative estimate of drug-likeness (QED) is 0.774. The lowest BCUT2D eigenvalue weighted by atomic mass is 9.95. The van der Waals surface area contributed by atoms with E-state index in [0.29, 0.717) is 18.0 Å². The summed E-state index contributed by atoms with van der Waals surface area (Å²) < 4.78 is 10.7. The summed E-state index contributed by atoms with van der Waals surface area (Å²) in [4.78, 5) is 26.6. The molecule has 0 N–H and O–H groups in total. The summed E-state index contributed by atoms with van der Waals surface area (Å²) in [5.74, 6) is 3.10. The van der Waals surface area contributed by atoms with Gasteiger partial charge in [0, 0.05) is 43.0 Å². The Labute approximate surface area is 171 Å². The Hall–Kier alpha value is -2.83. The Balaban J connectivity index is 1.62. The van der Waals surface area contributed by atoms with Crippen LogP contribution in [0.5, 0.6) is 11.5 Å². The fraction of sp³-hybridized carbons (Fsp3) is 0.500. The van der Waals surface area contributed by atoms with E-state index in [1.54, 1.807) is 14.2 Å². The molecule has 1 atom stereocenters. The molecule has 7 nitrogen and oxygen atoms in total. The van der Waals surface area contributed by atoms with Crippen LogP contribution < -0.4 is 19.3 Å². The standard InChI is InChI=1S/C22H28N4O3/c1-14-23-19-8-6-5-7-18(19)21(24-14)25(2)20-9-10-26(22(20)27)15-11-16(28-3)13-17(12-15)29-4/h11-13,20H,5-10H2,1-4H3. The first kappa shape index (κ1) is 19.5. The number of likely N-dealkylation sites (N-methyl/N-ethyl adjacent to an activating group) is 1. The van der Waals surface area contributed by atoms with Crippen molar-refractivity contribution in [2.75, 3.05) is 37.6 Å². The number of benzene rings is 1. The molecule has 1 amide bonds. The van der Waals surface area contributed by atoms with E-state index in [9.17, 15) is 4.79 Å². The largest absolute Gasteiger partial charge is 0.497 e. The van der Waals surface area contributed by atoms with Crippen molar-refractivity contribution in [2.45, 2.75) is 45.1 Å². The maximum Gasteiger partial charge on any atom is 0.249 e. The Morgan fingerprint density at radius 2 is 1.76 bits per heavy atom. The lowest BCUT2D eigenvalue weighted by molar-refractivity contribution is -0.118. The van der Waals surface area contributed by atoms with Gasteiger partial charge in [0.25, 0.3) is 0 Å². The van der Waals surface area contributed by atoms with Crippen LogP contribution in [0.2, 0.25) is 0 Å². The molecular formula is C22H28N4O3. The second-order valence-corrected chi connectivity index (χ2v) is 7.70. The number of anilines is 2. The average molecular weight is 396 g/mol. The van der Waals surface area contributed by atoms with Crippen LogP contribution in [0.4, 0.5) is 11.5 Å². The number of methoxy groups -OCH3 is 2. The summed E-state index contributed by atoms with van der Waals surface area (Å²) in [5, 5.41) is 0. The van der Waals surface area contributed by atoms with Gasteiger partial charge in [0.2, 0.25) is 5.91 Å². The van der Waals surface area contributed by atoms with E-state index < -0.39 is 0 Å². The number of carbonyl (C=O) groups excluding carboxylic acids is 1. The number of carbonyl (C=O) groups is 1. The molecule has 0 saturated carbocycles. The predicted octanol–water partition coefficient (Wildman–Crippen LogP) is 2.92. The van der Waals surface area contributed by atoms with Crippen LogP contribution in [0, 0.1) is 6.92 Å². The first-order chi connectivity index (χ1) is 14.0. The summed E-state index contributed by atoms with van der Waals surface area (Å²) in [6.07, 6.45) is 5.03. The van der Waals surface area contributed by atoms with Gasteiger partial charge >= 0.3 is 0 Å². The minimum atomic E-state index is -0.243. The van der Waals surface area contributed by atoms with Gasteiger partial charge in [-0.1, -0.05) is 0 Å². The molecular weight excluding hydrogens is 368 g/mol. The highest BCUT2D eigenvalue weighted by molar-refractivity contribution is 6.01. The molecule has 29 heavy (non-hydrogen) atoms. The van der Waals surface area contributed by atoms with Crippen LogP contribution in [-0.2, 0) is 17.6 Å². The van der Waals surface area contributed by atoms with Crippen molar-refractivity contribution in [2.24, 2.45) is 0 Å². The number of aromatic nitrogens is 2. The third-order valence-electron chi connectivity index (χ3n) is 5.90. The molecule has 2 aliphatic rings. The zero-order valence-corrected chi connectivity index (χ0v) is 17.6. The maximum absolute atomic E-state index is 13.3. The smallest absolute Gasteiger partial charge is 0.249 e. The van der Waals surface area contributed by atoms with Gasteiger partial charge in [0.1, 0.15) is 29.2 Å². The molecule has 1 unspecified atom stereocenters. The number of hydrogen-bond acceptors (Lipinski definition) is 6. The molecule has 1 saturated heterocycles. The van der Waals surface area contributed by atoms with Gasteiger partial charge in [-0.15, -0.1) is 0 Å². The molecule has 0 radical (unpaired) electrons. The molecule has 4 rings (SSSR count). The van der Waals surface area contributed by atoms with E-state index in [1.807, 2.05) is 37.1 Å². The predicted molar refractivity (Wildman–Crippen MR) is 112 cm³/mol. The third kappa shape index (κ3) is 3.61. The second kappa shape index (κ2) is 7.89. The lowest BCUT2D eigenvalue weighted by Crippen LogP contribution is -2.41. The Morgan fingerprint density at radius 1 is 1.07 bits per heavy atom. The molecule has 1 aliphatic carbocycles. The highest BCUT2D eigenvalue weighted by Crippen LogP contribution is 2.34. The van der Waals surface area contributed by atoms with Gasteiger partial charge in [-0.05, 0) is 39.0 Å². The normalized spacial score (nSPS) is 18.6. The molecule has 2 heterocycles. The number of hydrogen-bond donors (Lipinski definition) is 0. The van der Waals surface area contributed by atoms with Gasteiger partial charge in [-0.2, -0.15) is 0 Å². The van der Waals surface area contributed by atoms with Crippen molar-refractivity contribution in [3.05, 3.63) is 35.3 Å². The van der Waals surface area contributed by atoms with E-state index >= 15 is 0 Å². The summed E-state index contributed by atoms with van der Waals surface area (Å²) >= 11 is 0. The van der Waals surface area contributed by atoms with Crippen LogP contribution in [0.1, 0.15) is 36.3 Å². The number of aryl methyl sites for hydroxylation is 2. The molecule has 1 fully saturated rings. The van der Waals surface area contributed by atoms with Crippen molar-refractivity contribution >= 4 is 17.4 Å². The van der Waals surface area contributed by atoms with Crippen LogP contribution in [0.3, 0.4) is 0 Å². The molecule has 0 spiro atoms. The molecule has 1 aliphatic heterocycles. The van der Waals surface area contributed by atoms with Crippen molar-refractivity contribution in [3.63, 3.8) is 0 Å². The van der Waals surface area contributed by atoms with E-state index in [2.05, 4.69) is 9.88 Å². The topological polar surface area (TPSA) is 67.8 Å². The highest BCUT2D eigenvalue weighted by atomic mass is 16.5. The van der Waals surface area contributed by atoms with Crippen LogP contribution in [-0.4, -0.2) is 49.7 Å². The van der Waals surface area contributed by atoms with Gasteiger partial charge < -0.3 is 19.3 Å². The fourth-order valence-electron chi connectivity index (χ4n) is 4.36. The van der Waals surface area contributed by atoms with Crippen molar-refractivity contribution in [1.29, 1.82) is 0 Å². The average Bonchev–Trinajstić information content (AvgIpc) is 3.13. The van der Waals surface area contributed by atoms with Crippen molar-refractivity contribution in [1.82, 2.24) is 9.97 Å². The van der Waals surface area contributed by atoms with Gasteiger partial charge in [0.05, 0.1) is 19.9 Å². The number of ether oxygens (including phenoxy) is 2. The third-order valence-corrected chi connectivity index (χ3v) is 5.90. The zero-order chi connectivity index (χ0) is 20.5. The number of amides is 1. The number of nitrogens with zero attached hydrogens (tertiary/aromatic N) is 4. The van der Waals surface area contributed by atoms with Gasteiger partial charge in [-0.3, -0.25) is 4.79 Å². The molecule has 1 aromatic heterocycles. The number of rotatable bonds is 5. The summed E-state index contributed by atoms with van der Waals surface area (Å²) in [7, 11) is 5.21. The van der Waals surface area contributed by atoms with E-state index in [4.69, 9.17) is 14.5 Å². The minimum absolute atomic E-state index is 0.0728. The number of fused-ring (bicyclic) bond motifs is 1.